The van der Waals surface area contributed by atoms with E-state index in [1.54, 1.807) is 0 Å². The van der Waals surface area contributed by atoms with Crippen molar-refractivity contribution in [2.45, 2.75) is 0 Å². The smallest absolute Gasteiger partial charge is 0.205 e. The maximum Gasteiger partial charge on any atom is 0.268 e. The van der Waals surface area contributed by atoms with Crippen molar-refractivity contribution in [2.24, 2.45) is 0 Å². The molecule has 0 saturated carbocycles. The molecule has 0 amide bonds. The maximum absolute atomic E-state index is 9.47. The van der Waals surface area contributed by atoms with Crippen molar-refractivity contribution in [3.8, 4) is 0 Å². The maximum atomic E-state index is 9.47. The highest BCUT2D eigenvalue weighted by atomic mass is 79.9. The van der Waals surface area contributed by atoms with Crippen molar-refractivity contribution in [1.29, 1.82) is 0 Å². The van der Waals surface area contributed by atoms with E-state index in [2.05, 4.69) is 45.6 Å². The molecule has 6 heteroatoms. The first-order valence-corrected chi connectivity index (χ1v) is 8.70. The Morgan fingerprint density at radius 1 is 1.00 bits per heavy atom. The Bertz CT molecular complexity index is 301. The van der Waals surface area contributed by atoms with E-state index in [1.165, 1.54) is 0 Å². The van der Waals surface area contributed by atoms with Gasteiger partial charge in [0.15, 0.2) is 0 Å². The predicted molar refractivity (Wildman–Crippen MR) is 60.9 cm³/mol. The molecule has 0 aliphatic heterocycles. The minimum Gasteiger partial charge on any atom is -0.205 e. The van der Waals surface area contributed by atoms with Crippen LogP contribution in [-0.2, 0) is 6.70 Å². The second-order valence-electron chi connectivity index (χ2n) is 1.67. The molecule has 0 aromatic heterocycles. The van der Waals surface area contributed by atoms with Crippen LogP contribution in [0.1, 0.15) is 0 Å². The van der Waals surface area contributed by atoms with Gasteiger partial charge in [-0.1, -0.05) is 34.1 Å². The zero-order valence-electron chi connectivity index (χ0n) is 5.75. The first-order chi connectivity index (χ1) is 5.39. The van der Waals surface area contributed by atoms with Crippen LogP contribution < -0.4 is 0 Å². The van der Waals surface area contributed by atoms with Crippen molar-refractivity contribution in [3.63, 3.8) is 0 Å². The van der Waals surface area contributed by atoms with Crippen LogP contribution in [0.25, 0.3) is 0 Å². The Morgan fingerprint density at radius 2 is 1.33 bits per heavy atom. The summed E-state index contributed by atoms with van der Waals surface area (Å²) < 4.78 is 20.1. The molecule has 1 rings (SSSR count). The third-order valence-corrected chi connectivity index (χ3v) is 1.26. The molecule has 1 aromatic rings. The van der Waals surface area contributed by atoms with Crippen LogP contribution in [0, 0.1) is 0 Å². The van der Waals surface area contributed by atoms with Crippen molar-refractivity contribution in [2.75, 3.05) is 0 Å². The largest absolute Gasteiger partial charge is 0.268 e. The molecular formula is C6H5Br3O2S. The summed E-state index contributed by atoms with van der Waals surface area (Å²) in [7, 11) is 0. The number of hydrogen-bond acceptors (Lipinski definition) is 2. The van der Waals surface area contributed by atoms with Crippen LogP contribution in [0.5, 0.6) is 0 Å². The van der Waals surface area contributed by atoms with Gasteiger partial charge in [0.05, 0.1) is 29.6 Å². The SMILES string of the molecule is Brc1ccccc1.O=S(=O)(Br)Br. The summed E-state index contributed by atoms with van der Waals surface area (Å²) in [5.74, 6) is 0. The van der Waals surface area contributed by atoms with E-state index in [9.17, 15) is 8.42 Å². The lowest BCUT2D eigenvalue weighted by Gasteiger charge is -1.80. The van der Waals surface area contributed by atoms with Crippen LogP contribution in [0.4, 0.5) is 0 Å². The molecule has 1 aromatic carbocycles. The zero-order valence-corrected chi connectivity index (χ0v) is 11.3. The molecular weight excluding hydrogens is 376 g/mol. The lowest BCUT2D eigenvalue weighted by molar-refractivity contribution is 0.625. The summed E-state index contributed by atoms with van der Waals surface area (Å²) in [4.78, 5) is 0. The Kier molecular flexibility index (Phi) is 6.43. The fraction of sp³-hybridized carbons (Fsp3) is 0. The Labute approximate surface area is 94.8 Å². The molecule has 12 heavy (non-hydrogen) atoms. The van der Waals surface area contributed by atoms with Gasteiger partial charge in [-0.05, 0) is 12.1 Å². The summed E-state index contributed by atoms with van der Waals surface area (Å²) >= 11 is 7.84. The van der Waals surface area contributed by atoms with Gasteiger partial charge in [-0.2, -0.15) is 0 Å². The topological polar surface area (TPSA) is 34.1 Å². The first kappa shape index (κ1) is 12.6. The molecule has 0 atom stereocenters. The van der Waals surface area contributed by atoms with Gasteiger partial charge in [-0.3, -0.25) is 0 Å². The third kappa shape index (κ3) is 13.2. The van der Waals surface area contributed by atoms with E-state index >= 15 is 0 Å². The number of hydrogen-bond donors (Lipinski definition) is 0. The van der Waals surface area contributed by atoms with Gasteiger partial charge >= 0.3 is 0 Å². The monoisotopic (exact) mass is 378 g/mol. The van der Waals surface area contributed by atoms with Gasteiger partial charge in [-0.25, -0.2) is 8.42 Å². The highest BCUT2D eigenvalue weighted by Gasteiger charge is 1.87. The normalized spacial score (nSPS) is 9.92. The fourth-order valence-electron chi connectivity index (χ4n) is 0.415. The van der Waals surface area contributed by atoms with Gasteiger partial charge in [0.25, 0.3) is 6.70 Å². The third-order valence-electron chi connectivity index (χ3n) is 0.733. The fourth-order valence-corrected chi connectivity index (χ4v) is 0.720. The summed E-state index contributed by atoms with van der Waals surface area (Å²) in [6, 6.07) is 9.97. The average molecular weight is 381 g/mol. The molecule has 0 unspecified atom stereocenters. The standard InChI is InChI=1S/C6H5Br.Br2O2S/c7-6-4-2-1-3-5-6;1-5(2,3)4/h1-5H;. The Hall–Kier alpha value is 0.610. The van der Waals surface area contributed by atoms with E-state index in [4.69, 9.17) is 0 Å². The number of halogens is 3. The molecule has 0 heterocycles. The van der Waals surface area contributed by atoms with Crippen molar-refractivity contribution < 1.29 is 8.42 Å². The molecule has 0 N–H and O–H groups in total. The molecule has 0 bridgehead atoms. The molecule has 0 saturated heterocycles. The molecule has 0 aliphatic rings. The summed E-state index contributed by atoms with van der Waals surface area (Å²) in [5.41, 5.74) is 0. The van der Waals surface area contributed by atoms with Gasteiger partial charge in [0.2, 0.25) is 0 Å². The molecule has 68 valence electrons. The lowest BCUT2D eigenvalue weighted by Crippen LogP contribution is -1.60. The van der Waals surface area contributed by atoms with Crippen LogP contribution in [0.2, 0.25) is 0 Å². The van der Waals surface area contributed by atoms with Gasteiger partial charge in [-0.15, -0.1) is 0 Å². The molecule has 0 aliphatic carbocycles. The van der Waals surface area contributed by atoms with Crippen LogP contribution in [-0.4, -0.2) is 8.42 Å². The number of benzene rings is 1. The van der Waals surface area contributed by atoms with Gasteiger partial charge in [0.1, 0.15) is 0 Å². The summed E-state index contributed by atoms with van der Waals surface area (Å²) in [6.07, 6.45) is 0. The second kappa shape index (κ2) is 6.12. The van der Waals surface area contributed by atoms with E-state index in [0.717, 1.165) is 4.47 Å². The summed E-state index contributed by atoms with van der Waals surface area (Å²) in [6.45, 7) is -3.04. The van der Waals surface area contributed by atoms with E-state index in [0.29, 0.717) is 0 Å². The lowest BCUT2D eigenvalue weighted by atomic mass is 10.4. The quantitative estimate of drug-likeness (QED) is 0.646. The van der Waals surface area contributed by atoms with Crippen LogP contribution in [0.15, 0.2) is 34.8 Å². The predicted octanol–water partition coefficient (Wildman–Crippen LogP) is 3.47. The van der Waals surface area contributed by atoms with Crippen molar-refractivity contribution >= 4 is 52.3 Å². The summed E-state index contributed by atoms with van der Waals surface area (Å²) in [5, 5.41) is 0. The zero-order chi connectivity index (χ0) is 9.61. The van der Waals surface area contributed by atoms with E-state index < -0.39 is 6.70 Å². The molecule has 0 fully saturated rings. The van der Waals surface area contributed by atoms with E-state index in [1.807, 2.05) is 30.3 Å². The van der Waals surface area contributed by atoms with Crippen LogP contribution >= 0.6 is 45.6 Å². The van der Waals surface area contributed by atoms with Crippen molar-refractivity contribution in [1.82, 2.24) is 0 Å². The minimum atomic E-state index is -3.04. The molecule has 2 nitrogen and oxygen atoms in total. The van der Waals surface area contributed by atoms with E-state index in [-0.39, 0.29) is 0 Å². The first-order valence-electron chi connectivity index (χ1n) is 2.74. The highest BCUT2D eigenvalue weighted by molar-refractivity contribution is 9.79. The average Bonchev–Trinajstić information content (AvgIpc) is 1.85. The molecule has 0 radical (unpaired) electrons. The van der Waals surface area contributed by atoms with Crippen LogP contribution in [0.3, 0.4) is 0 Å². The highest BCUT2D eigenvalue weighted by Crippen LogP contribution is 2.06. The number of rotatable bonds is 0. The second-order valence-corrected chi connectivity index (χ2v) is 11.1. The Balaban J connectivity index is 0.000000217. The van der Waals surface area contributed by atoms with Gasteiger partial charge in [0, 0.05) is 4.47 Å². The van der Waals surface area contributed by atoms with Crippen molar-refractivity contribution in [3.05, 3.63) is 34.8 Å². The Morgan fingerprint density at radius 3 is 1.50 bits per heavy atom. The molecule has 0 spiro atoms. The minimum absolute atomic E-state index is 1.13. The van der Waals surface area contributed by atoms with Gasteiger partial charge < -0.3 is 0 Å².